The first-order valence-corrected chi connectivity index (χ1v) is 6.56. The average molecular weight is 252 g/mol. The molecule has 2 saturated heterocycles. The van der Waals surface area contributed by atoms with Crippen molar-refractivity contribution >= 4 is 5.69 Å². The number of hydrogen-bond acceptors (Lipinski definition) is 2. The summed E-state index contributed by atoms with van der Waals surface area (Å²) in [5, 5.41) is 3.28. The van der Waals surface area contributed by atoms with E-state index in [1.807, 2.05) is 0 Å². The van der Waals surface area contributed by atoms with Crippen molar-refractivity contribution in [3.05, 3.63) is 29.8 Å². The molecule has 0 spiro atoms. The Labute approximate surface area is 106 Å². The third-order valence-corrected chi connectivity index (χ3v) is 4.33. The monoisotopic (exact) mass is 252 g/mol. The highest BCUT2D eigenvalue weighted by atomic mass is 19.1. The number of nitrogens with one attached hydrogen (secondary N) is 1. The summed E-state index contributed by atoms with van der Waals surface area (Å²) in [6, 6.07) is 5.22. The maximum absolute atomic E-state index is 13.1. The van der Waals surface area contributed by atoms with Gasteiger partial charge in [0.25, 0.3) is 0 Å². The van der Waals surface area contributed by atoms with Crippen molar-refractivity contribution in [2.75, 3.05) is 12.4 Å². The Morgan fingerprint density at radius 2 is 1.61 bits per heavy atom. The van der Waals surface area contributed by atoms with Crippen LogP contribution in [0.15, 0.2) is 18.2 Å². The van der Waals surface area contributed by atoms with Crippen molar-refractivity contribution in [3.63, 3.8) is 0 Å². The van der Waals surface area contributed by atoms with E-state index in [1.54, 1.807) is 0 Å². The van der Waals surface area contributed by atoms with Crippen LogP contribution in [0.25, 0.3) is 0 Å². The summed E-state index contributed by atoms with van der Waals surface area (Å²) in [5.74, 6) is -1.04. The summed E-state index contributed by atoms with van der Waals surface area (Å²) in [6.07, 6.45) is 4.62. The Bertz CT molecular complexity index is 415. The molecular formula is C14H18F2N2. The Morgan fingerprint density at radius 1 is 1.06 bits per heavy atom. The third kappa shape index (κ3) is 2.21. The van der Waals surface area contributed by atoms with Crippen molar-refractivity contribution in [3.8, 4) is 0 Å². The number of benzene rings is 1. The maximum atomic E-state index is 13.1. The van der Waals surface area contributed by atoms with Gasteiger partial charge in [0.1, 0.15) is 11.6 Å². The molecule has 0 aromatic heterocycles. The molecule has 2 bridgehead atoms. The molecule has 0 radical (unpaired) electrons. The SMILES string of the molecule is CN1C2CCC1CC(Nc1cc(F)cc(F)c1)C2. The molecule has 2 aliphatic heterocycles. The standard InChI is InChI=1S/C14H18F2N2/c1-18-13-2-3-14(18)8-12(7-13)17-11-5-9(15)4-10(16)6-11/h4-6,12-14,17H,2-3,7-8H2,1H3. The predicted octanol–water partition coefficient (Wildman–Crippen LogP) is 3.00. The zero-order valence-corrected chi connectivity index (χ0v) is 10.5. The van der Waals surface area contributed by atoms with Crippen LogP contribution in [0.3, 0.4) is 0 Å². The van der Waals surface area contributed by atoms with Gasteiger partial charge in [-0.2, -0.15) is 0 Å². The van der Waals surface area contributed by atoms with Crippen LogP contribution in [0.1, 0.15) is 25.7 Å². The van der Waals surface area contributed by atoms with Crippen LogP contribution in [-0.4, -0.2) is 30.1 Å². The molecule has 2 nitrogen and oxygen atoms in total. The van der Waals surface area contributed by atoms with Crippen LogP contribution in [0, 0.1) is 11.6 Å². The van der Waals surface area contributed by atoms with Crippen LogP contribution < -0.4 is 5.32 Å². The fourth-order valence-electron chi connectivity index (χ4n) is 3.40. The average Bonchev–Trinajstić information content (AvgIpc) is 2.52. The highest BCUT2D eigenvalue weighted by Crippen LogP contribution is 2.35. The van der Waals surface area contributed by atoms with Crippen molar-refractivity contribution < 1.29 is 8.78 Å². The zero-order chi connectivity index (χ0) is 12.7. The van der Waals surface area contributed by atoms with Gasteiger partial charge in [-0.25, -0.2) is 8.78 Å². The van der Waals surface area contributed by atoms with Gasteiger partial charge in [0.15, 0.2) is 0 Å². The second-order valence-corrected chi connectivity index (χ2v) is 5.52. The molecule has 1 aromatic rings. The molecule has 2 heterocycles. The zero-order valence-electron chi connectivity index (χ0n) is 10.5. The minimum Gasteiger partial charge on any atom is -0.382 e. The Kier molecular flexibility index (Phi) is 2.98. The van der Waals surface area contributed by atoms with Gasteiger partial charge in [0.2, 0.25) is 0 Å². The highest BCUT2D eigenvalue weighted by Gasteiger charge is 2.38. The molecular weight excluding hydrogens is 234 g/mol. The lowest BCUT2D eigenvalue weighted by Crippen LogP contribution is -2.44. The van der Waals surface area contributed by atoms with E-state index in [4.69, 9.17) is 0 Å². The second-order valence-electron chi connectivity index (χ2n) is 5.52. The number of nitrogens with zero attached hydrogens (tertiary/aromatic N) is 1. The van der Waals surface area contributed by atoms with E-state index < -0.39 is 11.6 Å². The predicted molar refractivity (Wildman–Crippen MR) is 67.6 cm³/mol. The molecule has 1 N–H and O–H groups in total. The van der Waals surface area contributed by atoms with Gasteiger partial charge in [0.05, 0.1) is 0 Å². The van der Waals surface area contributed by atoms with Gasteiger partial charge in [0, 0.05) is 29.9 Å². The van der Waals surface area contributed by atoms with Crippen LogP contribution in [0.4, 0.5) is 14.5 Å². The molecule has 1 aromatic carbocycles. The van der Waals surface area contributed by atoms with Crippen LogP contribution in [-0.2, 0) is 0 Å². The van der Waals surface area contributed by atoms with Gasteiger partial charge >= 0.3 is 0 Å². The molecule has 0 aliphatic carbocycles. The van der Waals surface area contributed by atoms with E-state index in [0.29, 0.717) is 23.8 Å². The summed E-state index contributed by atoms with van der Waals surface area (Å²) in [4.78, 5) is 2.45. The molecule has 0 saturated carbocycles. The van der Waals surface area contributed by atoms with E-state index in [0.717, 1.165) is 18.9 Å². The number of hydrogen-bond donors (Lipinski definition) is 1. The highest BCUT2D eigenvalue weighted by molar-refractivity contribution is 5.44. The minimum atomic E-state index is -0.520. The molecule has 0 amide bonds. The first-order valence-electron chi connectivity index (χ1n) is 6.56. The summed E-state index contributed by atoms with van der Waals surface area (Å²) >= 11 is 0. The fraction of sp³-hybridized carbons (Fsp3) is 0.571. The smallest absolute Gasteiger partial charge is 0.128 e. The number of piperidine rings is 1. The minimum absolute atomic E-state index is 0.333. The molecule has 3 rings (SSSR count). The van der Waals surface area contributed by atoms with Gasteiger partial charge < -0.3 is 10.2 Å². The van der Waals surface area contributed by atoms with Gasteiger partial charge in [-0.05, 0) is 44.9 Å². The van der Waals surface area contributed by atoms with Crippen molar-refractivity contribution in [1.29, 1.82) is 0 Å². The molecule has 2 aliphatic rings. The maximum Gasteiger partial charge on any atom is 0.128 e. The van der Waals surface area contributed by atoms with Crippen molar-refractivity contribution in [1.82, 2.24) is 4.90 Å². The molecule has 2 fully saturated rings. The number of anilines is 1. The Hall–Kier alpha value is -1.16. The molecule has 2 unspecified atom stereocenters. The summed E-state index contributed by atoms with van der Waals surface area (Å²) in [5.41, 5.74) is 0.557. The summed E-state index contributed by atoms with van der Waals surface area (Å²) in [7, 11) is 2.18. The number of fused-ring (bicyclic) bond motifs is 2. The summed E-state index contributed by atoms with van der Waals surface area (Å²) < 4.78 is 26.2. The molecule has 4 heteroatoms. The third-order valence-electron chi connectivity index (χ3n) is 4.33. The van der Waals surface area contributed by atoms with E-state index in [1.165, 1.54) is 25.0 Å². The van der Waals surface area contributed by atoms with Crippen molar-refractivity contribution in [2.24, 2.45) is 0 Å². The van der Waals surface area contributed by atoms with Crippen molar-refractivity contribution in [2.45, 2.75) is 43.8 Å². The lowest BCUT2D eigenvalue weighted by atomic mass is 9.98. The number of halogens is 2. The van der Waals surface area contributed by atoms with Gasteiger partial charge in [-0.1, -0.05) is 0 Å². The largest absolute Gasteiger partial charge is 0.382 e. The lowest BCUT2D eigenvalue weighted by Gasteiger charge is -2.37. The van der Waals surface area contributed by atoms with Crippen LogP contribution >= 0.6 is 0 Å². The van der Waals surface area contributed by atoms with Crippen LogP contribution in [0.2, 0.25) is 0 Å². The lowest BCUT2D eigenvalue weighted by molar-refractivity contribution is 0.169. The first-order chi connectivity index (χ1) is 8.61. The first kappa shape index (κ1) is 11.9. The van der Waals surface area contributed by atoms with E-state index in [2.05, 4.69) is 17.3 Å². The van der Waals surface area contributed by atoms with Crippen LogP contribution in [0.5, 0.6) is 0 Å². The Balaban J connectivity index is 1.70. The topological polar surface area (TPSA) is 15.3 Å². The van der Waals surface area contributed by atoms with E-state index in [-0.39, 0.29) is 0 Å². The molecule has 2 atom stereocenters. The second kappa shape index (κ2) is 4.50. The summed E-state index contributed by atoms with van der Waals surface area (Å²) in [6.45, 7) is 0. The van der Waals surface area contributed by atoms with E-state index in [9.17, 15) is 8.78 Å². The van der Waals surface area contributed by atoms with E-state index >= 15 is 0 Å². The fourth-order valence-corrected chi connectivity index (χ4v) is 3.40. The quantitative estimate of drug-likeness (QED) is 0.870. The molecule has 18 heavy (non-hydrogen) atoms. The number of rotatable bonds is 2. The Morgan fingerprint density at radius 3 is 2.17 bits per heavy atom. The van der Waals surface area contributed by atoms with Gasteiger partial charge in [-0.15, -0.1) is 0 Å². The van der Waals surface area contributed by atoms with Gasteiger partial charge in [-0.3, -0.25) is 0 Å². The normalized spacial score (nSPS) is 31.6. The molecule has 98 valence electrons.